The second kappa shape index (κ2) is 9.09. The van der Waals surface area contributed by atoms with Crippen LogP contribution in [0.4, 0.5) is 17.1 Å². The zero-order valence-corrected chi connectivity index (χ0v) is 15.2. The molecule has 0 unspecified atom stereocenters. The van der Waals surface area contributed by atoms with Gasteiger partial charge in [-0.15, -0.1) is 0 Å². The fourth-order valence-corrected chi connectivity index (χ4v) is 2.00. The minimum atomic E-state index is -0.472. The largest absolute Gasteiger partial charge is 0.378 e. The van der Waals surface area contributed by atoms with Crippen molar-refractivity contribution < 1.29 is 9.72 Å². The Morgan fingerprint density at radius 1 is 1.11 bits per heavy atom. The molecule has 0 saturated heterocycles. The van der Waals surface area contributed by atoms with Crippen LogP contribution in [0.25, 0.3) is 0 Å². The number of hydrazone groups is 2. The summed E-state index contributed by atoms with van der Waals surface area (Å²) in [7, 11) is 3.85. The monoisotopic (exact) mass is 368 g/mol. The molecule has 2 N–H and O–H groups in total. The van der Waals surface area contributed by atoms with E-state index < -0.39 is 4.92 Å². The Kier molecular flexibility index (Phi) is 6.59. The number of non-ortho nitro benzene ring substituents is 1. The van der Waals surface area contributed by atoms with Crippen molar-refractivity contribution in [3.05, 3.63) is 64.2 Å². The normalized spacial score (nSPS) is 11.3. The van der Waals surface area contributed by atoms with Gasteiger partial charge in [0.15, 0.2) is 0 Å². The highest BCUT2D eigenvalue weighted by atomic mass is 16.6. The lowest BCUT2D eigenvalue weighted by atomic mass is 10.2. The van der Waals surface area contributed by atoms with Gasteiger partial charge in [-0.25, -0.2) is 5.43 Å². The van der Waals surface area contributed by atoms with E-state index in [9.17, 15) is 14.9 Å². The lowest BCUT2D eigenvalue weighted by molar-refractivity contribution is -0.384. The Hall–Kier alpha value is -3.75. The number of benzene rings is 2. The van der Waals surface area contributed by atoms with Crippen LogP contribution in [0.2, 0.25) is 0 Å². The maximum atomic E-state index is 12.1. The summed E-state index contributed by atoms with van der Waals surface area (Å²) in [6.45, 7) is 1.68. The molecule has 0 spiro atoms. The van der Waals surface area contributed by atoms with Crippen molar-refractivity contribution in [1.82, 2.24) is 5.43 Å². The second-order valence-electron chi connectivity index (χ2n) is 5.81. The van der Waals surface area contributed by atoms with Crippen molar-refractivity contribution in [3.63, 3.8) is 0 Å². The number of nitro benzene ring substituents is 1. The van der Waals surface area contributed by atoms with Gasteiger partial charge in [-0.2, -0.15) is 10.2 Å². The number of carbonyl (C=O) groups is 1. The lowest BCUT2D eigenvalue weighted by Gasteiger charge is -2.12. The van der Waals surface area contributed by atoms with Gasteiger partial charge >= 0.3 is 0 Å². The van der Waals surface area contributed by atoms with Crippen LogP contribution in [-0.2, 0) is 0 Å². The van der Waals surface area contributed by atoms with Gasteiger partial charge in [-0.05, 0) is 43.3 Å². The molecule has 9 heteroatoms. The van der Waals surface area contributed by atoms with Crippen LogP contribution in [0.15, 0.2) is 58.7 Å². The highest BCUT2D eigenvalue weighted by Crippen LogP contribution is 2.15. The van der Waals surface area contributed by atoms with Crippen LogP contribution in [0, 0.1) is 10.1 Å². The molecule has 2 aromatic carbocycles. The Morgan fingerprint density at radius 2 is 1.74 bits per heavy atom. The van der Waals surface area contributed by atoms with E-state index in [4.69, 9.17) is 0 Å². The van der Waals surface area contributed by atoms with Gasteiger partial charge in [0.2, 0.25) is 0 Å². The molecule has 0 fully saturated rings. The smallest absolute Gasteiger partial charge is 0.271 e. The predicted octanol–water partition coefficient (Wildman–Crippen LogP) is 2.86. The molecule has 0 saturated carbocycles. The number of nitrogens with zero attached hydrogens (tertiary/aromatic N) is 4. The Morgan fingerprint density at radius 3 is 2.30 bits per heavy atom. The molecular formula is C18H20N6O3. The average Bonchev–Trinajstić information content (AvgIpc) is 2.66. The van der Waals surface area contributed by atoms with Gasteiger partial charge in [0.1, 0.15) is 0 Å². The van der Waals surface area contributed by atoms with E-state index in [1.165, 1.54) is 18.3 Å². The number of anilines is 2. The molecule has 0 bridgehead atoms. The molecule has 9 nitrogen and oxygen atoms in total. The van der Waals surface area contributed by atoms with E-state index in [0.717, 1.165) is 5.69 Å². The summed E-state index contributed by atoms with van der Waals surface area (Å²) in [6, 6.07) is 13.0. The topological polar surface area (TPSA) is 112 Å². The Labute approximate surface area is 156 Å². The maximum absolute atomic E-state index is 12.1. The van der Waals surface area contributed by atoms with E-state index in [-0.39, 0.29) is 11.6 Å². The van der Waals surface area contributed by atoms with Crippen molar-refractivity contribution in [1.29, 1.82) is 0 Å². The third-order valence-corrected chi connectivity index (χ3v) is 3.50. The molecule has 140 valence electrons. The number of nitrogens with one attached hydrogen (secondary N) is 2. The summed E-state index contributed by atoms with van der Waals surface area (Å²) >= 11 is 0. The first kappa shape index (κ1) is 19.6. The minimum absolute atomic E-state index is 0.00333. The van der Waals surface area contributed by atoms with E-state index >= 15 is 0 Å². The molecule has 1 amide bonds. The highest BCUT2D eigenvalue weighted by molar-refractivity contribution is 6.29. The third-order valence-electron chi connectivity index (χ3n) is 3.50. The molecule has 0 aliphatic rings. The SMILES string of the molecule is CC(/C=N/Nc1ccc([N+](=O)[O-])cc1)=N\NC(=O)c1ccc(N(C)C)cc1. The first-order chi connectivity index (χ1) is 12.9. The molecular weight excluding hydrogens is 348 g/mol. The quantitative estimate of drug-likeness (QED) is 0.443. The van der Waals surface area contributed by atoms with Crippen LogP contribution in [-0.4, -0.2) is 36.9 Å². The predicted molar refractivity (Wildman–Crippen MR) is 107 cm³/mol. The standard InChI is InChI=1S/C18H20N6O3/c1-13(12-19-21-15-6-10-17(11-7-15)24(26)27)20-22-18(25)14-4-8-16(9-5-14)23(2)3/h4-12,21H,1-3H3,(H,22,25)/b19-12+,20-13+. The number of nitro groups is 1. The van der Waals surface area contributed by atoms with E-state index in [1.807, 2.05) is 31.1 Å². The number of hydrogen-bond acceptors (Lipinski definition) is 7. The summed E-state index contributed by atoms with van der Waals surface area (Å²) in [5.41, 5.74) is 7.75. The number of carbonyl (C=O) groups excluding carboxylic acids is 1. The average molecular weight is 368 g/mol. The van der Waals surface area contributed by atoms with E-state index in [0.29, 0.717) is 17.0 Å². The molecule has 27 heavy (non-hydrogen) atoms. The molecule has 0 radical (unpaired) electrons. The summed E-state index contributed by atoms with van der Waals surface area (Å²) in [5.74, 6) is -0.323. The van der Waals surface area contributed by atoms with Gasteiger partial charge < -0.3 is 4.90 Å². The number of hydrogen-bond donors (Lipinski definition) is 2. The van der Waals surface area contributed by atoms with Gasteiger partial charge in [0, 0.05) is 37.5 Å². The summed E-state index contributed by atoms with van der Waals surface area (Å²) < 4.78 is 0. The van der Waals surface area contributed by atoms with Crippen molar-refractivity contribution in [2.75, 3.05) is 24.4 Å². The van der Waals surface area contributed by atoms with Crippen molar-refractivity contribution in [2.24, 2.45) is 10.2 Å². The van der Waals surface area contributed by atoms with Crippen LogP contribution >= 0.6 is 0 Å². The summed E-state index contributed by atoms with van der Waals surface area (Å²) in [6.07, 6.45) is 1.43. The van der Waals surface area contributed by atoms with Crippen molar-refractivity contribution in [3.8, 4) is 0 Å². The number of rotatable bonds is 7. The van der Waals surface area contributed by atoms with Crippen LogP contribution in [0.5, 0.6) is 0 Å². The minimum Gasteiger partial charge on any atom is -0.378 e. The van der Waals surface area contributed by atoms with Crippen LogP contribution < -0.4 is 15.8 Å². The summed E-state index contributed by atoms with van der Waals surface area (Å²) in [4.78, 5) is 24.1. The lowest BCUT2D eigenvalue weighted by Crippen LogP contribution is -2.19. The maximum Gasteiger partial charge on any atom is 0.271 e. The van der Waals surface area contributed by atoms with E-state index in [1.54, 1.807) is 31.2 Å². The highest BCUT2D eigenvalue weighted by Gasteiger charge is 2.05. The number of amides is 1. The third kappa shape index (κ3) is 5.92. The molecule has 0 aromatic heterocycles. The molecule has 0 aliphatic carbocycles. The van der Waals surface area contributed by atoms with Crippen molar-refractivity contribution in [2.45, 2.75) is 6.92 Å². The van der Waals surface area contributed by atoms with Gasteiger partial charge in [0.05, 0.1) is 22.5 Å². The molecule has 2 aromatic rings. The van der Waals surface area contributed by atoms with Gasteiger partial charge in [0.25, 0.3) is 11.6 Å². The van der Waals surface area contributed by atoms with Crippen LogP contribution in [0.3, 0.4) is 0 Å². The van der Waals surface area contributed by atoms with Crippen molar-refractivity contribution >= 4 is 34.9 Å². The summed E-state index contributed by atoms with van der Waals surface area (Å²) in [5, 5.41) is 18.5. The molecule has 0 heterocycles. The first-order valence-corrected chi connectivity index (χ1v) is 8.02. The zero-order valence-electron chi connectivity index (χ0n) is 15.2. The fourth-order valence-electron chi connectivity index (χ4n) is 2.00. The zero-order chi connectivity index (χ0) is 19.8. The Balaban J connectivity index is 1.88. The Bertz CT molecular complexity index is 858. The molecule has 0 aliphatic heterocycles. The van der Waals surface area contributed by atoms with Gasteiger partial charge in [-0.3, -0.25) is 20.3 Å². The van der Waals surface area contributed by atoms with E-state index in [2.05, 4.69) is 21.1 Å². The second-order valence-corrected chi connectivity index (χ2v) is 5.81. The molecule has 2 rings (SSSR count). The van der Waals surface area contributed by atoms with Gasteiger partial charge in [-0.1, -0.05) is 0 Å². The molecule has 0 atom stereocenters. The fraction of sp³-hybridized carbons (Fsp3) is 0.167. The van der Waals surface area contributed by atoms with Crippen LogP contribution in [0.1, 0.15) is 17.3 Å². The first-order valence-electron chi connectivity index (χ1n) is 8.02.